The van der Waals surface area contributed by atoms with Gasteiger partial charge in [0.2, 0.25) is 0 Å². The highest BCUT2D eigenvalue weighted by molar-refractivity contribution is 6.00. The van der Waals surface area contributed by atoms with Gasteiger partial charge in [-0.3, -0.25) is 5.41 Å². The molecule has 0 bridgehead atoms. The van der Waals surface area contributed by atoms with E-state index in [0.29, 0.717) is 12.2 Å². The summed E-state index contributed by atoms with van der Waals surface area (Å²) in [6, 6.07) is 0. The van der Waals surface area contributed by atoms with Gasteiger partial charge in [0.1, 0.15) is 5.84 Å². The molecule has 0 aromatic carbocycles. The lowest BCUT2D eigenvalue weighted by Crippen LogP contribution is -2.08. The van der Waals surface area contributed by atoms with Gasteiger partial charge in [-0.25, -0.2) is 0 Å². The van der Waals surface area contributed by atoms with E-state index in [4.69, 9.17) is 14.9 Å². The number of hydrogen-bond acceptors (Lipinski definition) is 3. The van der Waals surface area contributed by atoms with Gasteiger partial charge in [0.15, 0.2) is 5.76 Å². The number of hydrogen-bond donors (Lipinski definition) is 1. The highest BCUT2D eigenvalue weighted by Gasteiger charge is 2.04. The van der Waals surface area contributed by atoms with Crippen LogP contribution in [0.5, 0.6) is 0 Å². The molecule has 0 saturated heterocycles. The molecular formula is C8H14N2O2. The van der Waals surface area contributed by atoms with Gasteiger partial charge in [-0.05, 0) is 0 Å². The Kier molecular flexibility index (Phi) is 4.76. The molecule has 68 valence electrons. The summed E-state index contributed by atoms with van der Waals surface area (Å²) in [5.74, 6) is 0.824. The van der Waals surface area contributed by atoms with Crippen molar-refractivity contribution in [2.45, 2.75) is 13.3 Å². The van der Waals surface area contributed by atoms with Crippen LogP contribution >= 0.6 is 0 Å². The standard InChI is InChI=1S/C8H14N2O2/c1-5-7(9)10-8(12-4)6(2)11-3/h9H,2,5H2,1,3-4H3/b9-7?,10-8+. The lowest BCUT2D eigenvalue weighted by molar-refractivity contribution is 0.287. The van der Waals surface area contributed by atoms with Crippen molar-refractivity contribution in [1.29, 1.82) is 5.41 Å². The van der Waals surface area contributed by atoms with Gasteiger partial charge in [-0.1, -0.05) is 13.5 Å². The fourth-order valence-corrected chi connectivity index (χ4v) is 0.511. The Balaban J connectivity index is 4.43. The van der Waals surface area contributed by atoms with E-state index >= 15 is 0 Å². The van der Waals surface area contributed by atoms with E-state index in [9.17, 15) is 0 Å². The molecule has 0 aliphatic carbocycles. The van der Waals surface area contributed by atoms with E-state index in [0.717, 1.165) is 0 Å². The molecule has 1 N–H and O–H groups in total. The Labute approximate surface area is 72.4 Å². The van der Waals surface area contributed by atoms with Crippen LogP contribution in [-0.4, -0.2) is 26.0 Å². The molecule has 0 spiro atoms. The molecule has 0 amide bonds. The Morgan fingerprint density at radius 1 is 1.42 bits per heavy atom. The molecule has 0 aliphatic heterocycles. The van der Waals surface area contributed by atoms with E-state index < -0.39 is 0 Å². The molecule has 0 heterocycles. The maximum absolute atomic E-state index is 7.28. The zero-order chi connectivity index (χ0) is 9.56. The van der Waals surface area contributed by atoms with E-state index in [2.05, 4.69) is 11.6 Å². The van der Waals surface area contributed by atoms with Crippen molar-refractivity contribution in [2.75, 3.05) is 14.2 Å². The molecule has 0 aromatic heterocycles. The molecule has 0 atom stereocenters. The van der Waals surface area contributed by atoms with Gasteiger partial charge in [-0.15, -0.1) is 0 Å². The van der Waals surface area contributed by atoms with E-state index in [-0.39, 0.29) is 11.7 Å². The summed E-state index contributed by atoms with van der Waals surface area (Å²) in [6.07, 6.45) is 0.559. The van der Waals surface area contributed by atoms with Crippen LogP contribution in [0.3, 0.4) is 0 Å². The maximum Gasteiger partial charge on any atom is 0.257 e. The van der Waals surface area contributed by atoms with Crippen LogP contribution < -0.4 is 0 Å². The minimum atomic E-state index is 0.241. The van der Waals surface area contributed by atoms with Crippen LogP contribution in [0.25, 0.3) is 0 Å². The number of ether oxygens (including phenoxy) is 2. The molecule has 4 nitrogen and oxygen atoms in total. The quantitative estimate of drug-likeness (QED) is 0.397. The first-order valence-electron chi connectivity index (χ1n) is 3.59. The van der Waals surface area contributed by atoms with E-state index in [1.54, 1.807) is 0 Å². The molecule has 0 radical (unpaired) electrons. The second-order valence-electron chi connectivity index (χ2n) is 2.05. The Bertz CT molecular complexity index is 209. The summed E-state index contributed by atoms with van der Waals surface area (Å²) in [6.45, 7) is 5.40. The first-order valence-corrected chi connectivity index (χ1v) is 3.59. The average Bonchev–Trinajstić information content (AvgIpc) is 2.12. The Morgan fingerprint density at radius 3 is 2.33 bits per heavy atom. The van der Waals surface area contributed by atoms with Gasteiger partial charge in [0, 0.05) is 6.42 Å². The highest BCUT2D eigenvalue weighted by atomic mass is 16.5. The van der Waals surface area contributed by atoms with Gasteiger partial charge in [0.05, 0.1) is 14.2 Å². The fourth-order valence-electron chi connectivity index (χ4n) is 0.511. The van der Waals surface area contributed by atoms with Crippen LogP contribution in [0.15, 0.2) is 17.3 Å². The summed E-state index contributed by atoms with van der Waals surface area (Å²) >= 11 is 0. The SMILES string of the molecule is C=C(OC)/C(=N\C(=N)CC)OC. The predicted octanol–water partition coefficient (Wildman–Crippen LogP) is 1.58. The molecule has 0 fully saturated rings. The van der Waals surface area contributed by atoms with Crippen molar-refractivity contribution in [3.63, 3.8) is 0 Å². The number of nitrogens with one attached hydrogen (secondary N) is 1. The predicted molar refractivity (Wildman–Crippen MR) is 48.6 cm³/mol. The van der Waals surface area contributed by atoms with Crippen molar-refractivity contribution in [1.82, 2.24) is 0 Å². The summed E-state index contributed by atoms with van der Waals surface area (Å²) in [7, 11) is 2.94. The normalized spacial score (nSPS) is 10.8. The van der Waals surface area contributed by atoms with Crippen molar-refractivity contribution in [2.24, 2.45) is 4.99 Å². The van der Waals surface area contributed by atoms with Crippen molar-refractivity contribution in [3.05, 3.63) is 12.3 Å². The molecule has 0 unspecified atom stereocenters. The molecule has 0 aliphatic rings. The van der Waals surface area contributed by atoms with Crippen molar-refractivity contribution in [3.8, 4) is 0 Å². The van der Waals surface area contributed by atoms with Gasteiger partial charge in [-0.2, -0.15) is 4.99 Å². The number of nitrogens with zero attached hydrogens (tertiary/aromatic N) is 1. The average molecular weight is 170 g/mol. The first kappa shape index (κ1) is 10.7. The van der Waals surface area contributed by atoms with Gasteiger partial charge < -0.3 is 9.47 Å². The topological polar surface area (TPSA) is 54.7 Å². The van der Waals surface area contributed by atoms with E-state index in [1.807, 2.05) is 6.92 Å². The lowest BCUT2D eigenvalue weighted by atomic mass is 10.4. The third kappa shape index (κ3) is 3.18. The summed E-state index contributed by atoms with van der Waals surface area (Å²) in [5.41, 5.74) is 0. The highest BCUT2D eigenvalue weighted by Crippen LogP contribution is 1.98. The summed E-state index contributed by atoms with van der Waals surface area (Å²) < 4.78 is 9.66. The Hall–Kier alpha value is -1.32. The number of methoxy groups -OCH3 is 2. The number of aliphatic imine (C=N–C) groups is 1. The molecule has 0 aromatic rings. The second kappa shape index (κ2) is 5.35. The number of amidine groups is 1. The van der Waals surface area contributed by atoms with E-state index in [1.165, 1.54) is 14.2 Å². The monoisotopic (exact) mass is 170 g/mol. The molecule has 0 rings (SSSR count). The summed E-state index contributed by atoms with van der Waals surface area (Å²) in [4.78, 5) is 3.84. The maximum atomic E-state index is 7.28. The zero-order valence-electron chi connectivity index (χ0n) is 7.68. The largest absolute Gasteiger partial charge is 0.492 e. The van der Waals surface area contributed by atoms with Crippen LogP contribution in [0, 0.1) is 5.41 Å². The minimum absolute atomic E-state index is 0.241. The second-order valence-corrected chi connectivity index (χ2v) is 2.05. The molecule has 0 saturated carbocycles. The lowest BCUT2D eigenvalue weighted by Gasteiger charge is -2.05. The van der Waals surface area contributed by atoms with Crippen LogP contribution in [-0.2, 0) is 9.47 Å². The van der Waals surface area contributed by atoms with Crippen molar-refractivity contribution >= 4 is 11.7 Å². The van der Waals surface area contributed by atoms with Gasteiger partial charge >= 0.3 is 0 Å². The molecule has 4 heteroatoms. The molecular weight excluding hydrogens is 156 g/mol. The zero-order valence-corrected chi connectivity index (χ0v) is 7.68. The molecule has 12 heavy (non-hydrogen) atoms. The first-order chi connectivity index (χ1) is 5.65. The Morgan fingerprint density at radius 2 is 2.00 bits per heavy atom. The number of rotatable bonds is 3. The minimum Gasteiger partial charge on any atom is -0.492 e. The van der Waals surface area contributed by atoms with Crippen LogP contribution in [0.1, 0.15) is 13.3 Å². The van der Waals surface area contributed by atoms with Crippen molar-refractivity contribution < 1.29 is 9.47 Å². The fraction of sp³-hybridized carbons (Fsp3) is 0.500. The third-order valence-electron chi connectivity index (χ3n) is 1.25. The third-order valence-corrected chi connectivity index (χ3v) is 1.25. The smallest absolute Gasteiger partial charge is 0.257 e. The van der Waals surface area contributed by atoms with Crippen LogP contribution in [0.2, 0.25) is 0 Å². The van der Waals surface area contributed by atoms with Gasteiger partial charge in [0.25, 0.3) is 5.90 Å². The summed E-state index contributed by atoms with van der Waals surface area (Å²) in [5, 5.41) is 7.28. The van der Waals surface area contributed by atoms with Crippen LogP contribution in [0.4, 0.5) is 0 Å².